The number of nitrogens with two attached hydrogens (primary N) is 1. The van der Waals surface area contributed by atoms with Crippen molar-refractivity contribution in [2.24, 2.45) is 5.73 Å². The summed E-state index contributed by atoms with van der Waals surface area (Å²) < 4.78 is 0. The van der Waals surface area contributed by atoms with Crippen LogP contribution in [0.5, 0.6) is 0 Å². The number of H-pyrrole nitrogens is 1. The third-order valence-corrected chi connectivity index (χ3v) is 3.62. The van der Waals surface area contributed by atoms with Gasteiger partial charge in [-0.25, -0.2) is 0 Å². The van der Waals surface area contributed by atoms with Crippen LogP contribution in [0.15, 0.2) is 29.3 Å². The van der Waals surface area contributed by atoms with Crippen molar-refractivity contribution < 1.29 is 0 Å². The normalized spacial score (nSPS) is 12.3. The number of allylic oxidation sites excluding steroid dienone is 1. The van der Waals surface area contributed by atoms with Crippen molar-refractivity contribution in [1.29, 1.82) is 5.26 Å². The third kappa shape index (κ3) is 2.02. The molecule has 0 saturated heterocycles. The minimum atomic E-state index is 0.646. The van der Waals surface area contributed by atoms with Gasteiger partial charge in [-0.15, -0.1) is 11.8 Å². The Kier molecular flexibility index (Phi) is 3.12. The Hall–Kier alpha value is -1.86. The van der Waals surface area contributed by atoms with E-state index in [-0.39, 0.29) is 0 Å². The molecular formula is C13H13N3S. The van der Waals surface area contributed by atoms with Gasteiger partial charge < -0.3 is 10.7 Å². The third-order valence-electron chi connectivity index (χ3n) is 2.79. The zero-order valence-electron chi connectivity index (χ0n) is 9.74. The van der Waals surface area contributed by atoms with Crippen molar-refractivity contribution >= 4 is 28.4 Å². The number of rotatable bonds is 2. The van der Waals surface area contributed by atoms with E-state index >= 15 is 0 Å². The number of nitrogens with zero attached hydrogens (tertiary/aromatic N) is 1. The molecule has 0 atom stereocenters. The van der Waals surface area contributed by atoms with E-state index < -0.39 is 0 Å². The molecule has 17 heavy (non-hydrogen) atoms. The van der Waals surface area contributed by atoms with E-state index in [1.165, 1.54) is 0 Å². The zero-order valence-corrected chi connectivity index (χ0v) is 10.6. The lowest BCUT2D eigenvalue weighted by molar-refractivity contribution is 1.44. The number of aromatic amines is 1. The molecule has 0 aliphatic carbocycles. The number of nitrogens with one attached hydrogen (secondary N) is 1. The molecule has 0 fully saturated rings. The first-order valence-corrected chi connectivity index (χ1v) is 6.41. The van der Waals surface area contributed by atoms with Crippen LogP contribution in [0.2, 0.25) is 0 Å². The highest BCUT2D eigenvalue weighted by molar-refractivity contribution is 8.02. The van der Waals surface area contributed by atoms with Crippen molar-refractivity contribution in [1.82, 2.24) is 4.98 Å². The summed E-state index contributed by atoms with van der Waals surface area (Å²) in [5.41, 5.74) is 9.47. The van der Waals surface area contributed by atoms with Gasteiger partial charge in [0.25, 0.3) is 0 Å². The van der Waals surface area contributed by atoms with Gasteiger partial charge in [-0.1, -0.05) is 0 Å². The van der Waals surface area contributed by atoms with Crippen LogP contribution < -0.4 is 5.73 Å². The molecule has 3 N–H and O–H groups in total. The minimum absolute atomic E-state index is 0.646. The smallest absolute Gasteiger partial charge is 0.0991 e. The van der Waals surface area contributed by atoms with Crippen LogP contribution in [-0.2, 0) is 0 Å². The first-order valence-electron chi connectivity index (χ1n) is 5.19. The second-order valence-electron chi connectivity index (χ2n) is 3.75. The summed E-state index contributed by atoms with van der Waals surface area (Å²) in [7, 11) is 0. The Morgan fingerprint density at radius 3 is 2.88 bits per heavy atom. The van der Waals surface area contributed by atoms with Crippen molar-refractivity contribution in [3.63, 3.8) is 0 Å². The highest BCUT2D eigenvalue weighted by atomic mass is 32.2. The average molecular weight is 243 g/mol. The fourth-order valence-electron chi connectivity index (χ4n) is 1.71. The van der Waals surface area contributed by atoms with Crippen LogP contribution in [0, 0.1) is 11.3 Å². The number of hydrogen-bond donors (Lipinski definition) is 2. The Balaban J connectivity index is 2.68. The summed E-state index contributed by atoms with van der Waals surface area (Å²) in [6.07, 6.45) is 3.89. The summed E-state index contributed by atoms with van der Waals surface area (Å²) in [4.78, 5) is 4.24. The molecule has 0 unspecified atom stereocenters. The summed E-state index contributed by atoms with van der Waals surface area (Å²) in [5.74, 6) is 0. The fourth-order valence-corrected chi connectivity index (χ4v) is 2.04. The quantitative estimate of drug-likeness (QED) is 0.852. The van der Waals surface area contributed by atoms with Crippen molar-refractivity contribution in [2.45, 2.75) is 6.92 Å². The molecule has 0 aliphatic heterocycles. The molecule has 0 spiro atoms. The maximum Gasteiger partial charge on any atom is 0.0991 e. The summed E-state index contributed by atoms with van der Waals surface area (Å²) in [6.45, 7) is 1.99. The Labute approximate surface area is 104 Å². The van der Waals surface area contributed by atoms with E-state index in [9.17, 15) is 0 Å². The van der Waals surface area contributed by atoms with Gasteiger partial charge in [-0.2, -0.15) is 5.26 Å². The van der Waals surface area contributed by atoms with Crippen LogP contribution >= 0.6 is 11.8 Å². The Morgan fingerprint density at radius 2 is 2.24 bits per heavy atom. The molecule has 0 radical (unpaired) electrons. The zero-order chi connectivity index (χ0) is 12.4. The molecule has 0 amide bonds. The SMILES string of the molecule is CS/C(C)=C(\N)c1c[nH]c2ccc(C#N)cc12. The lowest BCUT2D eigenvalue weighted by atomic mass is 10.1. The highest BCUT2D eigenvalue weighted by Gasteiger charge is 2.08. The Bertz CT molecular complexity index is 632. The highest BCUT2D eigenvalue weighted by Crippen LogP contribution is 2.27. The molecule has 3 nitrogen and oxygen atoms in total. The molecule has 4 heteroatoms. The molecule has 0 bridgehead atoms. The predicted octanol–water partition coefficient (Wildman–Crippen LogP) is 3.05. The van der Waals surface area contributed by atoms with Crippen LogP contribution in [0.25, 0.3) is 16.6 Å². The molecule has 0 aliphatic rings. The largest absolute Gasteiger partial charge is 0.398 e. The second-order valence-corrected chi connectivity index (χ2v) is 4.77. The average Bonchev–Trinajstić information content (AvgIpc) is 2.79. The van der Waals surface area contributed by atoms with Gasteiger partial charge in [0.1, 0.15) is 0 Å². The van der Waals surface area contributed by atoms with Crippen LogP contribution in [-0.4, -0.2) is 11.2 Å². The van der Waals surface area contributed by atoms with Crippen molar-refractivity contribution in [3.05, 3.63) is 40.4 Å². The lowest BCUT2D eigenvalue weighted by Gasteiger charge is -2.04. The molecule has 1 aromatic heterocycles. The van der Waals surface area contributed by atoms with Gasteiger partial charge in [0.2, 0.25) is 0 Å². The molecule has 1 heterocycles. The predicted molar refractivity (Wildman–Crippen MR) is 73.3 cm³/mol. The number of fused-ring (bicyclic) bond motifs is 1. The van der Waals surface area contributed by atoms with Gasteiger partial charge >= 0.3 is 0 Å². The number of benzene rings is 1. The van der Waals surface area contributed by atoms with E-state index in [2.05, 4.69) is 11.1 Å². The molecule has 2 aromatic rings. The standard InChI is InChI=1S/C13H13N3S/c1-8(17-2)13(15)11-7-16-12-4-3-9(6-14)5-10(11)12/h3-5,7,16H,15H2,1-2H3/b13-8-. The maximum atomic E-state index is 8.91. The van der Waals surface area contributed by atoms with E-state index in [1.54, 1.807) is 17.8 Å². The van der Waals surface area contributed by atoms with Crippen LogP contribution in [0.1, 0.15) is 18.1 Å². The van der Waals surface area contributed by atoms with Crippen LogP contribution in [0.4, 0.5) is 0 Å². The topological polar surface area (TPSA) is 65.6 Å². The van der Waals surface area contributed by atoms with E-state index in [1.807, 2.05) is 31.5 Å². The monoisotopic (exact) mass is 243 g/mol. The Morgan fingerprint density at radius 1 is 1.47 bits per heavy atom. The number of thioether (sulfide) groups is 1. The molecular weight excluding hydrogens is 230 g/mol. The fraction of sp³-hybridized carbons (Fsp3) is 0.154. The van der Waals surface area contributed by atoms with Gasteiger partial charge in [0, 0.05) is 27.6 Å². The number of nitriles is 1. The second kappa shape index (κ2) is 4.56. The minimum Gasteiger partial charge on any atom is -0.398 e. The van der Waals surface area contributed by atoms with E-state index in [4.69, 9.17) is 11.0 Å². The summed E-state index contributed by atoms with van der Waals surface area (Å²) in [5, 5.41) is 9.91. The first-order chi connectivity index (χ1) is 8.17. The van der Waals surface area contributed by atoms with E-state index in [0.717, 1.165) is 27.1 Å². The van der Waals surface area contributed by atoms with Crippen molar-refractivity contribution in [2.75, 3.05) is 6.26 Å². The molecule has 0 saturated carbocycles. The van der Waals surface area contributed by atoms with Gasteiger partial charge in [0.15, 0.2) is 0 Å². The van der Waals surface area contributed by atoms with Gasteiger partial charge in [-0.05, 0) is 31.4 Å². The van der Waals surface area contributed by atoms with Crippen molar-refractivity contribution in [3.8, 4) is 6.07 Å². The molecule has 2 rings (SSSR count). The van der Waals surface area contributed by atoms with Crippen LogP contribution in [0.3, 0.4) is 0 Å². The van der Waals surface area contributed by atoms with Gasteiger partial charge in [0.05, 0.1) is 17.3 Å². The first kappa shape index (κ1) is 11.6. The lowest BCUT2D eigenvalue weighted by Crippen LogP contribution is -1.97. The maximum absolute atomic E-state index is 8.91. The van der Waals surface area contributed by atoms with Gasteiger partial charge in [-0.3, -0.25) is 0 Å². The summed E-state index contributed by atoms with van der Waals surface area (Å²) in [6, 6.07) is 7.70. The number of aromatic nitrogens is 1. The molecule has 86 valence electrons. The summed E-state index contributed by atoms with van der Waals surface area (Å²) >= 11 is 1.63. The molecule has 1 aromatic carbocycles. The van der Waals surface area contributed by atoms with E-state index in [0.29, 0.717) is 5.56 Å². The number of hydrogen-bond acceptors (Lipinski definition) is 3.